The summed E-state index contributed by atoms with van der Waals surface area (Å²) in [5.74, 6) is 0.692. The molecule has 0 aliphatic carbocycles. The van der Waals surface area contributed by atoms with Crippen molar-refractivity contribution in [2.45, 2.75) is 25.9 Å². The van der Waals surface area contributed by atoms with Crippen LogP contribution >= 0.6 is 11.3 Å². The van der Waals surface area contributed by atoms with E-state index in [1.807, 2.05) is 38.1 Å². The Labute approximate surface area is 183 Å². The number of hydrogen-bond acceptors (Lipinski definition) is 6. The minimum atomic E-state index is -0.331. The number of ether oxygens (including phenoxy) is 1. The predicted molar refractivity (Wildman–Crippen MR) is 116 cm³/mol. The van der Waals surface area contributed by atoms with Crippen LogP contribution in [0.3, 0.4) is 0 Å². The van der Waals surface area contributed by atoms with Crippen molar-refractivity contribution in [2.75, 3.05) is 6.54 Å². The lowest BCUT2D eigenvalue weighted by atomic mass is 10.0. The Balaban J connectivity index is 1.52. The molecular weight excluding hydrogens is 415 g/mol. The first kappa shape index (κ1) is 20.8. The van der Waals surface area contributed by atoms with Gasteiger partial charge in [0.2, 0.25) is 0 Å². The lowest BCUT2D eigenvalue weighted by Gasteiger charge is -2.21. The third-order valence-corrected chi connectivity index (χ3v) is 6.46. The highest BCUT2D eigenvalue weighted by Crippen LogP contribution is 2.36. The van der Waals surface area contributed by atoms with Gasteiger partial charge in [0, 0.05) is 18.3 Å². The highest BCUT2D eigenvalue weighted by atomic mass is 32.1. The molecule has 8 heteroatoms. The predicted octanol–water partition coefficient (Wildman–Crippen LogP) is 4.66. The summed E-state index contributed by atoms with van der Waals surface area (Å²) in [6.45, 7) is 4.59. The molecule has 1 fully saturated rings. The van der Waals surface area contributed by atoms with E-state index in [0.717, 1.165) is 10.4 Å². The van der Waals surface area contributed by atoms with Gasteiger partial charge >= 0.3 is 0 Å². The first-order chi connectivity index (χ1) is 15.0. The van der Waals surface area contributed by atoms with Crippen LogP contribution in [0.4, 0.5) is 4.39 Å². The van der Waals surface area contributed by atoms with Gasteiger partial charge < -0.3 is 15.0 Å². The van der Waals surface area contributed by atoms with E-state index in [0.29, 0.717) is 23.1 Å². The molecule has 0 bridgehead atoms. The largest absolute Gasteiger partial charge is 0.457 e. The molecule has 1 aromatic heterocycles. The van der Waals surface area contributed by atoms with Crippen LogP contribution in [0.1, 0.15) is 23.6 Å². The van der Waals surface area contributed by atoms with Crippen molar-refractivity contribution in [2.24, 2.45) is 5.92 Å². The van der Waals surface area contributed by atoms with Crippen molar-refractivity contribution in [1.82, 2.24) is 15.2 Å². The highest BCUT2D eigenvalue weighted by molar-refractivity contribution is 7.17. The zero-order chi connectivity index (χ0) is 22.0. The zero-order valence-electron chi connectivity index (χ0n) is 17.1. The second kappa shape index (κ2) is 8.74. The molecule has 1 saturated heterocycles. The molecule has 2 unspecified atom stereocenters. The first-order valence-electron chi connectivity index (χ1n) is 9.92. The summed E-state index contributed by atoms with van der Waals surface area (Å²) in [4.78, 5) is 19.6. The van der Waals surface area contributed by atoms with Crippen LogP contribution in [0.5, 0.6) is 11.5 Å². The Morgan fingerprint density at radius 1 is 1.26 bits per heavy atom. The van der Waals surface area contributed by atoms with Crippen LogP contribution in [0.15, 0.2) is 54.7 Å². The average molecular weight is 437 g/mol. The zero-order valence-corrected chi connectivity index (χ0v) is 17.9. The maximum absolute atomic E-state index is 13.2. The van der Waals surface area contributed by atoms with E-state index in [-0.39, 0.29) is 29.7 Å². The minimum absolute atomic E-state index is 0.0618. The monoisotopic (exact) mass is 436 g/mol. The summed E-state index contributed by atoms with van der Waals surface area (Å²) in [5, 5.41) is 12.6. The van der Waals surface area contributed by atoms with Crippen LogP contribution in [-0.2, 0) is 0 Å². The molecule has 31 heavy (non-hydrogen) atoms. The van der Waals surface area contributed by atoms with Gasteiger partial charge in [0.1, 0.15) is 17.3 Å². The van der Waals surface area contributed by atoms with Crippen LogP contribution < -0.4 is 10.1 Å². The smallest absolute Gasteiger partial charge is 0.280 e. The van der Waals surface area contributed by atoms with Crippen molar-refractivity contribution in [3.05, 3.63) is 65.6 Å². The summed E-state index contributed by atoms with van der Waals surface area (Å²) in [6, 6.07) is 13.1. The maximum Gasteiger partial charge on any atom is 0.280 e. The van der Waals surface area contributed by atoms with Gasteiger partial charge in [-0.15, -0.1) is 11.3 Å². The number of nitriles is 1. The summed E-state index contributed by atoms with van der Waals surface area (Å²) >= 11 is 1.27. The van der Waals surface area contributed by atoms with Gasteiger partial charge in [0.25, 0.3) is 5.91 Å². The minimum Gasteiger partial charge on any atom is -0.457 e. The molecule has 1 aliphatic rings. The molecular formula is C23H21FN4O2S. The van der Waals surface area contributed by atoms with E-state index in [2.05, 4.69) is 16.5 Å². The number of amides is 1. The standard InChI is InChI=1S/C23H21FN4O2S/c1-14-12-28(13-25)15(2)21(14)27-22(29)23-26-11-20(31-23)18-5-3-4-6-19(18)30-17-9-7-16(24)8-10-17/h3-11,14-15,21H,12H2,1-2H3,(H,27,29)/t14?,15?,21-/m1/s1. The fourth-order valence-electron chi connectivity index (χ4n) is 3.76. The third-order valence-electron chi connectivity index (χ3n) is 5.43. The topological polar surface area (TPSA) is 78.3 Å². The number of hydrogen-bond donors (Lipinski definition) is 1. The molecule has 3 atom stereocenters. The number of carbonyl (C=O) groups is 1. The van der Waals surface area contributed by atoms with Crippen LogP contribution in [0.25, 0.3) is 10.4 Å². The van der Waals surface area contributed by atoms with Gasteiger partial charge in [0.15, 0.2) is 11.2 Å². The fraction of sp³-hybridized carbons (Fsp3) is 0.261. The number of carbonyl (C=O) groups excluding carboxylic acids is 1. The summed E-state index contributed by atoms with van der Waals surface area (Å²) in [6.07, 6.45) is 3.82. The Kier molecular flexibility index (Phi) is 5.87. The second-order valence-electron chi connectivity index (χ2n) is 7.55. The van der Waals surface area contributed by atoms with E-state index in [1.165, 1.54) is 23.5 Å². The van der Waals surface area contributed by atoms with Crippen LogP contribution in [0, 0.1) is 23.2 Å². The highest BCUT2D eigenvalue weighted by Gasteiger charge is 2.37. The lowest BCUT2D eigenvalue weighted by Crippen LogP contribution is -2.44. The molecule has 1 amide bonds. The van der Waals surface area contributed by atoms with Crippen molar-refractivity contribution in [1.29, 1.82) is 5.26 Å². The number of nitrogens with one attached hydrogen (secondary N) is 1. The van der Waals surface area contributed by atoms with Crippen LogP contribution in [-0.4, -0.2) is 34.4 Å². The van der Waals surface area contributed by atoms with E-state index in [4.69, 9.17) is 4.74 Å². The molecule has 4 rings (SSSR count). The Hall–Kier alpha value is -3.44. The average Bonchev–Trinajstić information content (AvgIpc) is 3.36. The third kappa shape index (κ3) is 4.37. The van der Waals surface area contributed by atoms with Gasteiger partial charge in [-0.2, -0.15) is 5.26 Å². The SMILES string of the molecule is CC1CN(C#N)C(C)[C@@H]1NC(=O)c1ncc(-c2ccccc2Oc2ccc(F)cc2)s1. The number of para-hydroxylation sites is 1. The summed E-state index contributed by atoms with van der Waals surface area (Å²) < 4.78 is 19.1. The normalized spacial score (nSPS) is 20.3. The summed E-state index contributed by atoms with van der Waals surface area (Å²) in [7, 11) is 0. The number of rotatable bonds is 5. The van der Waals surface area contributed by atoms with Gasteiger partial charge in [-0.25, -0.2) is 9.37 Å². The maximum atomic E-state index is 13.2. The molecule has 2 heterocycles. The molecule has 158 valence electrons. The molecule has 2 aromatic carbocycles. The fourth-order valence-corrected chi connectivity index (χ4v) is 4.61. The Morgan fingerprint density at radius 3 is 2.71 bits per heavy atom. The number of benzene rings is 2. The van der Waals surface area contributed by atoms with Gasteiger partial charge in [-0.3, -0.25) is 4.79 Å². The van der Waals surface area contributed by atoms with Crippen LogP contribution in [0.2, 0.25) is 0 Å². The van der Waals surface area contributed by atoms with E-state index >= 15 is 0 Å². The van der Waals surface area contributed by atoms with Crippen molar-refractivity contribution >= 4 is 17.2 Å². The van der Waals surface area contributed by atoms with Gasteiger partial charge in [-0.05, 0) is 49.2 Å². The van der Waals surface area contributed by atoms with Gasteiger partial charge in [0.05, 0.1) is 17.0 Å². The quantitative estimate of drug-likeness (QED) is 0.589. The van der Waals surface area contributed by atoms with E-state index in [1.54, 1.807) is 23.2 Å². The van der Waals surface area contributed by atoms with Crippen molar-refractivity contribution in [3.8, 4) is 28.1 Å². The number of aromatic nitrogens is 1. The number of nitrogens with zero attached hydrogens (tertiary/aromatic N) is 3. The van der Waals surface area contributed by atoms with Gasteiger partial charge in [-0.1, -0.05) is 19.1 Å². The van der Waals surface area contributed by atoms with Crippen molar-refractivity contribution in [3.63, 3.8) is 0 Å². The molecule has 3 aromatic rings. The Bertz CT molecular complexity index is 1130. The van der Waals surface area contributed by atoms with E-state index < -0.39 is 0 Å². The van der Waals surface area contributed by atoms with E-state index in [9.17, 15) is 14.4 Å². The number of likely N-dealkylation sites (tertiary alicyclic amines) is 1. The number of thiazole rings is 1. The molecule has 0 radical (unpaired) electrons. The molecule has 0 spiro atoms. The van der Waals surface area contributed by atoms with Crippen molar-refractivity contribution < 1.29 is 13.9 Å². The second-order valence-corrected chi connectivity index (χ2v) is 8.58. The molecule has 6 nitrogen and oxygen atoms in total. The molecule has 0 saturated carbocycles. The lowest BCUT2D eigenvalue weighted by molar-refractivity contribution is 0.0923. The Morgan fingerprint density at radius 2 is 2.00 bits per heavy atom. The molecule has 1 N–H and O–H groups in total. The molecule has 1 aliphatic heterocycles. The number of halogens is 1. The first-order valence-corrected chi connectivity index (χ1v) is 10.7. The summed E-state index contributed by atoms with van der Waals surface area (Å²) in [5.41, 5.74) is 0.793.